The molecule has 1 heteroatoms. The predicted molar refractivity (Wildman–Crippen MR) is 74.9 cm³/mol. The Bertz CT molecular complexity index is 472. The molecule has 1 heterocycles. The van der Waals surface area contributed by atoms with Crippen molar-refractivity contribution in [2.75, 3.05) is 0 Å². The van der Waals surface area contributed by atoms with Crippen LogP contribution in [0.3, 0.4) is 0 Å². The first-order chi connectivity index (χ1) is 7.76. The molecule has 0 fully saturated rings. The van der Waals surface area contributed by atoms with Gasteiger partial charge in [0.05, 0.1) is 0 Å². The zero-order valence-electron chi connectivity index (χ0n) is 10.2. The van der Waals surface area contributed by atoms with Gasteiger partial charge in [0.15, 0.2) is 0 Å². The van der Waals surface area contributed by atoms with Crippen LogP contribution >= 0.6 is 11.3 Å². The van der Waals surface area contributed by atoms with Gasteiger partial charge >= 0.3 is 0 Å². The Labute approximate surface area is 102 Å². The molecule has 0 saturated carbocycles. The Morgan fingerprint density at radius 1 is 1.38 bits per heavy atom. The van der Waals surface area contributed by atoms with Crippen molar-refractivity contribution in [3.8, 4) is 0 Å². The summed E-state index contributed by atoms with van der Waals surface area (Å²) in [4.78, 5) is 1.43. The van der Waals surface area contributed by atoms with Crippen molar-refractivity contribution in [2.45, 2.75) is 27.2 Å². The van der Waals surface area contributed by atoms with Crippen LogP contribution in [-0.2, 0) is 0 Å². The molecule has 1 aromatic heterocycles. The van der Waals surface area contributed by atoms with Gasteiger partial charge in [-0.25, -0.2) is 0 Å². The van der Waals surface area contributed by atoms with E-state index < -0.39 is 0 Å². The molecule has 0 N–H and O–H groups in total. The van der Waals surface area contributed by atoms with Gasteiger partial charge in [-0.15, -0.1) is 11.3 Å². The van der Waals surface area contributed by atoms with Crippen molar-refractivity contribution in [1.29, 1.82) is 0 Å². The van der Waals surface area contributed by atoms with Gasteiger partial charge in [-0.05, 0) is 42.4 Å². The minimum atomic E-state index is 0.651. The van der Waals surface area contributed by atoms with Gasteiger partial charge < -0.3 is 0 Å². The number of thiophene rings is 1. The lowest BCUT2D eigenvalue weighted by atomic mass is 9.97. The summed E-state index contributed by atoms with van der Waals surface area (Å²) in [6.07, 6.45) is 3.47. The van der Waals surface area contributed by atoms with Crippen molar-refractivity contribution in [3.63, 3.8) is 0 Å². The van der Waals surface area contributed by atoms with Crippen LogP contribution in [-0.4, -0.2) is 0 Å². The fraction of sp³-hybridized carbons (Fsp3) is 0.333. The van der Waals surface area contributed by atoms with E-state index >= 15 is 0 Å². The highest BCUT2D eigenvalue weighted by molar-refractivity contribution is 7.20. The van der Waals surface area contributed by atoms with Gasteiger partial charge in [-0.2, -0.15) is 0 Å². The summed E-state index contributed by atoms with van der Waals surface area (Å²) in [6, 6.07) is 10.9. The van der Waals surface area contributed by atoms with Crippen LogP contribution in [0.1, 0.15) is 32.1 Å². The molecule has 1 aromatic carbocycles. The van der Waals surface area contributed by atoms with Crippen molar-refractivity contribution < 1.29 is 0 Å². The van der Waals surface area contributed by atoms with E-state index in [1.807, 2.05) is 11.3 Å². The number of fused-ring (bicyclic) bond motifs is 1. The minimum absolute atomic E-state index is 0.651. The fourth-order valence-corrected chi connectivity index (χ4v) is 3.26. The molecule has 0 nitrogen and oxygen atoms in total. The third-order valence-electron chi connectivity index (χ3n) is 3.16. The monoisotopic (exact) mass is 230 g/mol. The molecule has 1 atom stereocenters. The van der Waals surface area contributed by atoms with E-state index in [1.165, 1.54) is 27.0 Å². The fourth-order valence-electron chi connectivity index (χ4n) is 2.01. The first kappa shape index (κ1) is 11.4. The Morgan fingerprint density at radius 3 is 2.75 bits per heavy atom. The molecule has 16 heavy (non-hydrogen) atoms. The summed E-state index contributed by atoms with van der Waals surface area (Å²) in [5.41, 5.74) is 1.49. The second kappa shape index (κ2) is 4.84. The Balaban J connectivity index is 2.46. The molecule has 0 bridgehead atoms. The van der Waals surface area contributed by atoms with E-state index in [1.54, 1.807) is 0 Å². The molecule has 0 spiro atoms. The highest BCUT2D eigenvalue weighted by Gasteiger charge is 2.11. The lowest BCUT2D eigenvalue weighted by Gasteiger charge is -2.11. The third-order valence-corrected chi connectivity index (χ3v) is 4.33. The van der Waals surface area contributed by atoms with Gasteiger partial charge in [0, 0.05) is 9.58 Å². The summed E-state index contributed by atoms with van der Waals surface area (Å²) in [5, 5.41) is 1.37. The molecular formula is C15H18S. The minimum Gasteiger partial charge on any atom is -0.136 e. The summed E-state index contributed by atoms with van der Waals surface area (Å²) in [5.74, 6) is 0.651. The van der Waals surface area contributed by atoms with Crippen molar-refractivity contribution in [1.82, 2.24) is 0 Å². The van der Waals surface area contributed by atoms with Crippen LogP contribution in [0.4, 0.5) is 0 Å². The average Bonchev–Trinajstić information content (AvgIpc) is 2.72. The molecule has 84 valence electrons. The molecule has 0 saturated heterocycles. The second-order valence-electron chi connectivity index (χ2n) is 4.20. The normalized spacial score (nSPS) is 14.3. The molecule has 0 aliphatic heterocycles. The third kappa shape index (κ3) is 2.05. The summed E-state index contributed by atoms with van der Waals surface area (Å²) < 4.78 is 1.39. The average molecular weight is 230 g/mol. The molecular weight excluding hydrogens is 212 g/mol. The SMILES string of the molecule is CC=C(c1cc2ccccc2s1)C(C)CC. The van der Waals surface area contributed by atoms with Gasteiger partial charge in [-0.1, -0.05) is 38.1 Å². The van der Waals surface area contributed by atoms with Gasteiger partial charge in [0.1, 0.15) is 0 Å². The molecule has 0 radical (unpaired) electrons. The Morgan fingerprint density at radius 2 is 2.12 bits per heavy atom. The zero-order valence-corrected chi connectivity index (χ0v) is 11.0. The number of benzene rings is 1. The number of rotatable bonds is 3. The summed E-state index contributed by atoms with van der Waals surface area (Å²) in [6.45, 7) is 6.70. The van der Waals surface area contributed by atoms with E-state index in [0.29, 0.717) is 5.92 Å². The number of hydrogen-bond acceptors (Lipinski definition) is 1. The van der Waals surface area contributed by atoms with Crippen LogP contribution in [0.25, 0.3) is 15.7 Å². The van der Waals surface area contributed by atoms with Crippen molar-refractivity contribution >= 4 is 27.0 Å². The zero-order chi connectivity index (χ0) is 11.5. The topological polar surface area (TPSA) is 0 Å². The molecule has 2 aromatic rings. The largest absolute Gasteiger partial charge is 0.136 e. The summed E-state index contributed by atoms with van der Waals surface area (Å²) in [7, 11) is 0. The maximum absolute atomic E-state index is 2.32. The maximum Gasteiger partial charge on any atom is 0.0349 e. The number of allylic oxidation sites excluding steroid dienone is 2. The van der Waals surface area contributed by atoms with Gasteiger partial charge in [0.25, 0.3) is 0 Å². The van der Waals surface area contributed by atoms with Gasteiger partial charge in [-0.3, -0.25) is 0 Å². The number of hydrogen-bond donors (Lipinski definition) is 0. The first-order valence-electron chi connectivity index (χ1n) is 5.91. The van der Waals surface area contributed by atoms with E-state index in [9.17, 15) is 0 Å². The van der Waals surface area contributed by atoms with Crippen LogP contribution in [0.2, 0.25) is 0 Å². The van der Waals surface area contributed by atoms with Crippen LogP contribution < -0.4 is 0 Å². The van der Waals surface area contributed by atoms with Crippen molar-refractivity contribution in [3.05, 3.63) is 41.3 Å². The van der Waals surface area contributed by atoms with E-state index in [0.717, 1.165) is 0 Å². The predicted octanol–water partition coefficient (Wildman–Crippen LogP) is 5.35. The molecule has 2 rings (SSSR count). The lowest BCUT2D eigenvalue weighted by Crippen LogP contribution is -1.94. The van der Waals surface area contributed by atoms with Gasteiger partial charge in [0.2, 0.25) is 0 Å². The van der Waals surface area contributed by atoms with Crippen LogP contribution in [0.5, 0.6) is 0 Å². The highest BCUT2D eigenvalue weighted by Crippen LogP contribution is 2.34. The quantitative estimate of drug-likeness (QED) is 0.666. The lowest BCUT2D eigenvalue weighted by molar-refractivity contribution is 0.718. The maximum atomic E-state index is 2.32. The standard InChI is InChI=1S/C15H18S/c1-4-11(3)13(5-2)15-10-12-8-6-7-9-14(12)16-15/h5-11H,4H2,1-3H3. The van der Waals surface area contributed by atoms with Crippen LogP contribution in [0.15, 0.2) is 36.4 Å². The molecule has 0 aliphatic rings. The van der Waals surface area contributed by atoms with Crippen LogP contribution in [0, 0.1) is 5.92 Å². The van der Waals surface area contributed by atoms with Crippen molar-refractivity contribution in [2.24, 2.45) is 5.92 Å². The van der Waals surface area contributed by atoms with E-state index in [2.05, 4.69) is 57.2 Å². The second-order valence-corrected chi connectivity index (χ2v) is 5.29. The highest BCUT2D eigenvalue weighted by atomic mass is 32.1. The molecule has 0 amide bonds. The smallest absolute Gasteiger partial charge is 0.0349 e. The molecule has 1 unspecified atom stereocenters. The van der Waals surface area contributed by atoms with E-state index in [4.69, 9.17) is 0 Å². The first-order valence-corrected chi connectivity index (χ1v) is 6.73. The Hall–Kier alpha value is -1.08. The Kier molecular flexibility index (Phi) is 3.45. The summed E-state index contributed by atoms with van der Waals surface area (Å²) >= 11 is 1.91. The van der Waals surface area contributed by atoms with E-state index in [-0.39, 0.29) is 0 Å². The molecule has 0 aliphatic carbocycles.